The maximum atomic E-state index is 12.1. The number of nitrogens with zero attached hydrogens (tertiary/aromatic N) is 1. The molecule has 1 fully saturated rings. The lowest BCUT2D eigenvalue weighted by atomic mass is 10.2. The second-order valence-corrected chi connectivity index (χ2v) is 7.15. The Balaban J connectivity index is 1.67. The Labute approximate surface area is 126 Å². The Kier molecular flexibility index (Phi) is 6.05. The van der Waals surface area contributed by atoms with Crippen molar-refractivity contribution in [3.8, 4) is 0 Å². The van der Waals surface area contributed by atoms with E-state index in [4.69, 9.17) is 0 Å². The summed E-state index contributed by atoms with van der Waals surface area (Å²) in [7, 11) is 0. The van der Waals surface area contributed by atoms with Gasteiger partial charge in [0.25, 0.3) is 5.91 Å². The molecule has 0 aliphatic carbocycles. The molecule has 0 spiro atoms. The molecule has 0 bridgehead atoms. The Morgan fingerprint density at radius 3 is 2.55 bits per heavy atom. The molecule has 2 rings (SSSR count). The molecular formula is C16H26N2OS. The van der Waals surface area contributed by atoms with Crippen LogP contribution in [0.1, 0.15) is 52.2 Å². The Morgan fingerprint density at radius 1 is 1.25 bits per heavy atom. The molecule has 1 aliphatic heterocycles. The predicted octanol–water partition coefficient (Wildman–Crippen LogP) is 3.36. The number of carbonyl (C=O) groups is 1. The molecule has 0 radical (unpaired) electrons. The van der Waals surface area contributed by atoms with Crippen molar-refractivity contribution in [2.24, 2.45) is 0 Å². The summed E-state index contributed by atoms with van der Waals surface area (Å²) in [5, 5.41) is 3.05. The lowest BCUT2D eigenvalue weighted by Crippen LogP contribution is -2.30. The van der Waals surface area contributed by atoms with E-state index in [9.17, 15) is 4.79 Å². The number of amides is 1. The smallest absolute Gasteiger partial charge is 0.252 e. The van der Waals surface area contributed by atoms with E-state index in [-0.39, 0.29) is 5.91 Å². The van der Waals surface area contributed by atoms with Crippen LogP contribution in [0.25, 0.3) is 0 Å². The first-order chi connectivity index (χ1) is 9.66. The molecule has 4 heteroatoms. The fraction of sp³-hybridized carbons (Fsp3) is 0.688. The largest absolute Gasteiger partial charge is 0.352 e. The van der Waals surface area contributed by atoms with E-state index in [1.807, 2.05) is 19.9 Å². The van der Waals surface area contributed by atoms with E-state index in [2.05, 4.69) is 10.2 Å². The van der Waals surface area contributed by atoms with Gasteiger partial charge in [-0.3, -0.25) is 4.79 Å². The Morgan fingerprint density at radius 2 is 1.95 bits per heavy atom. The molecule has 1 aliphatic rings. The van der Waals surface area contributed by atoms with Gasteiger partial charge in [0.05, 0.1) is 5.56 Å². The van der Waals surface area contributed by atoms with Crippen molar-refractivity contribution in [2.45, 2.75) is 46.0 Å². The molecule has 1 aromatic rings. The zero-order valence-electron chi connectivity index (χ0n) is 12.7. The molecule has 2 heterocycles. The van der Waals surface area contributed by atoms with E-state index in [1.54, 1.807) is 11.3 Å². The first-order valence-electron chi connectivity index (χ1n) is 7.74. The number of nitrogens with one attached hydrogen (secondary N) is 1. The van der Waals surface area contributed by atoms with Crippen LogP contribution in [0.5, 0.6) is 0 Å². The zero-order valence-corrected chi connectivity index (χ0v) is 13.5. The topological polar surface area (TPSA) is 32.3 Å². The minimum absolute atomic E-state index is 0.0858. The molecule has 1 N–H and O–H groups in total. The minimum atomic E-state index is 0.0858. The van der Waals surface area contributed by atoms with Crippen LogP contribution in [-0.2, 0) is 0 Å². The first-order valence-corrected chi connectivity index (χ1v) is 8.56. The van der Waals surface area contributed by atoms with Gasteiger partial charge in [0.15, 0.2) is 0 Å². The third-order valence-corrected chi connectivity index (χ3v) is 4.89. The molecule has 0 aromatic carbocycles. The molecule has 3 nitrogen and oxygen atoms in total. The van der Waals surface area contributed by atoms with Gasteiger partial charge < -0.3 is 10.2 Å². The van der Waals surface area contributed by atoms with E-state index in [0.717, 1.165) is 30.0 Å². The molecule has 0 atom stereocenters. The number of carbonyl (C=O) groups excluding carboxylic acids is 1. The number of likely N-dealkylation sites (tertiary alicyclic amines) is 1. The zero-order chi connectivity index (χ0) is 14.4. The van der Waals surface area contributed by atoms with Gasteiger partial charge in [0.2, 0.25) is 0 Å². The quantitative estimate of drug-likeness (QED) is 0.845. The van der Waals surface area contributed by atoms with Crippen LogP contribution >= 0.6 is 11.3 Å². The van der Waals surface area contributed by atoms with Crippen molar-refractivity contribution < 1.29 is 4.79 Å². The third-order valence-electron chi connectivity index (χ3n) is 3.92. The van der Waals surface area contributed by atoms with Gasteiger partial charge in [-0.2, -0.15) is 0 Å². The van der Waals surface area contributed by atoms with Gasteiger partial charge in [-0.25, -0.2) is 0 Å². The summed E-state index contributed by atoms with van der Waals surface area (Å²) in [5.74, 6) is 0.0858. The van der Waals surface area contributed by atoms with Crippen molar-refractivity contribution in [3.05, 3.63) is 21.4 Å². The summed E-state index contributed by atoms with van der Waals surface area (Å²) in [5.41, 5.74) is 0.849. The van der Waals surface area contributed by atoms with E-state index in [1.165, 1.54) is 43.6 Å². The summed E-state index contributed by atoms with van der Waals surface area (Å²) >= 11 is 1.69. The van der Waals surface area contributed by atoms with Crippen LogP contribution in [-0.4, -0.2) is 37.0 Å². The van der Waals surface area contributed by atoms with Crippen LogP contribution < -0.4 is 5.32 Å². The molecule has 0 unspecified atom stereocenters. The summed E-state index contributed by atoms with van der Waals surface area (Å²) in [4.78, 5) is 16.9. The van der Waals surface area contributed by atoms with Crippen molar-refractivity contribution >= 4 is 17.2 Å². The van der Waals surface area contributed by atoms with Gasteiger partial charge in [-0.15, -0.1) is 11.3 Å². The fourth-order valence-electron chi connectivity index (χ4n) is 2.82. The van der Waals surface area contributed by atoms with E-state index in [0.29, 0.717) is 0 Å². The van der Waals surface area contributed by atoms with Crippen molar-refractivity contribution in [1.82, 2.24) is 10.2 Å². The molecule has 112 valence electrons. The molecule has 0 saturated carbocycles. The van der Waals surface area contributed by atoms with Crippen LogP contribution in [0.15, 0.2) is 6.07 Å². The van der Waals surface area contributed by atoms with Crippen molar-refractivity contribution in [1.29, 1.82) is 0 Å². The summed E-state index contributed by atoms with van der Waals surface area (Å²) in [6, 6.07) is 1.99. The summed E-state index contributed by atoms with van der Waals surface area (Å²) in [6.07, 6.45) is 6.47. The number of hydrogen-bond acceptors (Lipinski definition) is 3. The highest BCUT2D eigenvalue weighted by Gasteiger charge is 2.12. The number of thiophene rings is 1. The average molecular weight is 294 g/mol. The van der Waals surface area contributed by atoms with Crippen LogP contribution in [0.3, 0.4) is 0 Å². The van der Waals surface area contributed by atoms with Crippen LogP contribution in [0, 0.1) is 13.8 Å². The highest BCUT2D eigenvalue weighted by atomic mass is 32.1. The van der Waals surface area contributed by atoms with Gasteiger partial charge in [0, 0.05) is 16.3 Å². The normalized spacial score (nSPS) is 16.9. The Bertz CT molecular complexity index is 434. The maximum absolute atomic E-state index is 12.1. The highest BCUT2D eigenvalue weighted by molar-refractivity contribution is 7.12. The van der Waals surface area contributed by atoms with Crippen molar-refractivity contribution in [2.75, 3.05) is 26.2 Å². The monoisotopic (exact) mass is 294 g/mol. The molecule has 20 heavy (non-hydrogen) atoms. The van der Waals surface area contributed by atoms with Crippen molar-refractivity contribution in [3.63, 3.8) is 0 Å². The molecular weight excluding hydrogens is 268 g/mol. The lowest BCUT2D eigenvalue weighted by Gasteiger charge is -2.19. The second-order valence-electron chi connectivity index (χ2n) is 5.69. The molecule has 1 saturated heterocycles. The number of hydrogen-bond donors (Lipinski definition) is 1. The summed E-state index contributed by atoms with van der Waals surface area (Å²) < 4.78 is 0. The minimum Gasteiger partial charge on any atom is -0.352 e. The highest BCUT2D eigenvalue weighted by Crippen LogP contribution is 2.20. The van der Waals surface area contributed by atoms with Crippen LogP contribution in [0.2, 0.25) is 0 Å². The van der Waals surface area contributed by atoms with Crippen LogP contribution in [0.4, 0.5) is 0 Å². The molecule has 1 amide bonds. The number of aryl methyl sites for hydroxylation is 2. The third kappa shape index (κ3) is 4.60. The Hall–Kier alpha value is -0.870. The van der Waals surface area contributed by atoms with E-state index < -0.39 is 0 Å². The van der Waals surface area contributed by atoms with Gasteiger partial charge in [-0.05, 0) is 58.8 Å². The SMILES string of the molecule is Cc1cc(C(=O)NCCCN2CCCCCC2)c(C)s1. The van der Waals surface area contributed by atoms with Gasteiger partial charge >= 0.3 is 0 Å². The van der Waals surface area contributed by atoms with Gasteiger partial charge in [0.1, 0.15) is 0 Å². The second kappa shape index (κ2) is 7.79. The number of rotatable bonds is 5. The first kappa shape index (κ1) is 15.5. The summed E-state index contributed by atoms with van der Waals surface area (Å²) in [6.45, 7) is 8.43. The van der Waals surface area contributed by atoms with E-state index >= 15 is 0 Å². The average Bonchev–Trinajstić information content (AvgIpc) is 2.64. The maximum Gasteiger partial charge on any atom is 0.252 e. The predicted molar refractivity (Wildman–Crippen MR) is 85.7 cm³/mol. The van der Waals surface area contributed by atoms with Gasteiger partial charge in [-0.1, -0.05) is 12.8 Å². The fourth-order valence-corrected chi connectivity index (χ4v) is 3.74. The standard InChI is InChI=1S/C16H26N2OS/c1-13-12-15(14(2)20-13)16(19)17-8-7-11-18-9-5-3-4-6-10-18/h12H,3-11H2,1-2H3,(H,17,19). The lowest BCUT2D eigenvalue weighted by molar-refractivity contribution is 0.0951. The molecule has 1 aromatic heterocycles.